The van der Waals surface area contributed by atoms with E-state index in [1.54, 1.807) is 36.4 Å². The summed E-state index contributed by atoms with van der Waals surface area (Å²) in [6.07, 6.45) is -4.10. The number of rotatable bonds is 4. The summed E-state index contributed by atoms with van der Waals surface area (Å²) in [7, 11) is 0. The van der Waals surface area contributed by atoms with Gasteiger partial charge in [-0.15, -0.1) is 0 Å². The molecule has 0 unspecified atom stereocenters. The van der Waals surface area contributed by atoms with Crippen LogP contribution in [-0.4, -0.2) is 9.78 Å². The fourth-order valence-electron chi connectivity index (χ4n) is 3.43. The maximum absolute atomic E-state index is 13.4. The van der Waals surface area contributed by atoms with E-state index in [1.165, 1.54) is 18.2 Å². The summed E-state index contributed by atoms with van der Waals surface area (Å²) >= 11 is 5.94. The summed E-state index contributed by atoms with van der Waals surface area (Å²) < 4.78 is 41.3. The molecule has 0 aliphatic carbocycles. The molecule has 0 atom stereocenters. The van der Waals surface area contributed by atoms with E-state index in [4.69, 9.17) is 11.6 Å². The number of hydrogen-bond donors (Lipinski definition) is 0. The van der Waals surface area contributed by atoms with Gasteiger partial charge < -0.3 is 0 Å². The Kier molecular flexibility index (Phi) is 5.35. The second-order valence-electron chi connectivity index (χ2n) is 6.91. The molecule has 3 aromatic carbocycles. The number of hydrogen-bond acceptors (Lipinski definition) is 2. The first-order valence-electron chi connectivity index (χ1n) is 9.21. The molecule has 4 rings (SSSR count). The number of aromatic nitrogens is 2. The van der Waals surface area contributed by atoms with Gasteiger partial charge in [-0.3, -0.25) is 4.79 Å². The highest BCUT2D eigenvalue weighted by atomic mass is 35.5. The minimum absolute atomic E-state index is 0.00711. The third-order valence-corrected chi connectivity index (χ3v) is 5.12. The Labute approximate surface area is 175 Å². The zero-order valence-electron chi connectivity index (χ0n) is 15.7. The van der Waals surface area contributed by atoms with Crippen LogP contribution in [0.1, 0.15) is 22.4 Å². The fraction of sp³-hybridized carbons (Fsp3) is 0.130. The van der Waals surface area contributed by atoms with E-state index in [1.807, 2.05) is 12.1 Å². The van der Waals surface area contributed by atoms with E-state index in [-0.39, 0.29) is 12.1 Å². The van der Waals surface area contributed by atoms with Gasteiger partial charge in [0.05, 0.1) is 23.2 Å². The molecular formula is C23H16ClF3N2O. The Morgan fingerprint density at radius 2 is 1.50 bits per heavy atom. The molecule has 0 aliphatic heterocycles. The Balaban J connectivity index is 1.83. The molecule has 0 N–H and O–H groups in total. The van der Waals surface area contributed by atoms with Crippen molar-refractivity contribution in [1.82, 2.24) is 9.78 Å². The highest BCUT2D eigenvalue weighted by molar-refractivity contribution is 6.30. The Hall–Kier alpha value is -3.12. The van der Waals surface area contributed by atoms with E-state index in [2.05, 4.69) is 5.10 Å². The average molecular weight is 429 g/mol. The van der Waals surface area contributed by atoms with Crippen molar-refractivity contribution < 1.29 is 13.2 Å². The van der Waals surface area contributed by atoms with Crippen molar-refractivity contribution >= 4 is 22.4 Å². The third kappa shape index (κ3) is 4.09. The second kappa shape index (κ2) is 7.95. The molecule has 3 nitrogen and oxygen atoms in total. The second-order valence-corrected chi connectivity index (χ2v) is 7.35. The molecule has 1 heterocycles. The molecule has 0 amide bonds. The molecule has 7 heteroatoms. The number of fused-ring (bicyclic) bond motifs is 1. The van der Waals surface area contributed by atoms with Crippen LogP contribution in [0.2, 0.25) is 5.02 Å². The zero-order chi connectivity index (χ0) is 21.3. The standard InChI is InChI=1S/C23H16ClF3N2O/c24-17-11-9-15(10-12-17)13-21-18-6-2-3-7-19(18)22(30)29(28-21)14-16-5-1-4-8-20(16)23(25,26)27/h1-12H,13-14H2. The third-order valence-electron chi connectivity index (χ3n) is 4.87. The van der Waals surface area contributed by atoms with E-state index in [0.29, 0.717) is 27.9 Å². The van der Waals surface area contributed by atoms with Crippen molar-refractivity contribution in [1.29, 1.82) is 0 Å². The molecule has 0 spiro atoms. The first kappa shape index (κ1) is 20.2. The lowest BCUT2D eigenvalue weighted by Crippen LogP contribution is -2.26. The van der Waals surface area contributed by atoms with Gasteiger partial charge in [0.15, 0.2) is 0 Å². The van der Waals surface area contributed by atoms with Crippen LogP contribution in [0, 0.1) is 0 Å². The summed E-state index contributed by atoms with van der Waals surface area (Å²) in [5.41, 5.74) is 0.329. The van der Waals surface area contributed by atoms with E-state index >= 15 is 0 Å². The van der Waals surface area contributed by atoms with Crippen molar-refractivity contribution in [3.63, 3.8) is 0 Å². The Bertz CT molecular complexity index is 1260. The molecule has 0 bridgehead atoms. The molecule has 0 saturated heterocycles. The number of benzene rings is 3. The van der Waals surface area contributed by atoms with Crippen molar-refractivity contribution in [2.75, 3.05) is 0 Å². The van der Waals surface area contributed by atoms with Crippen molar-refractivity contribution in [2.24, 2.45) is 0 Å². The van der Waals surface area contributed by atoms with Gasteiger partial charge >= 0.3 is 6.18 Å². The van der Waals surface area contributed by atoms with E-state index in [0.717, 1.165) is 16.3 Å². The smallest absolute Gasteiger partial charge is 0.267 e. The predicted octanol–water partition coefficient (Wildman–Crippen LogP) is 5.71. The molecule has 4 aromatic rings. The van der Waals surface area contributed by atoms with Crippen LogP contribution < -0.4 is 5.56 Å². The van der Waals surface area contributed by atoms with Gasteiger partial charge in [0, 0.05) is 16.8 Å². The lowest BCUT2D eigenvalue weighted by molar-refractivity contribution is -0.138. The molecule has 0 radical (unpaired) electrons. The van der Waals surface area contributed by atoms with Crippen molar-refractivity contribution in [3.05, 3.63) is 111 Å². The molecule has 0 fully saturated rings. The molecule has 152 valence electrons. The maximum atomic E-state index is 13.4. The van der Waals surface area contributed by atoms with Crippen LogP contribution in [-0.2, 0) is 19.1 Å². The van der Waals surface area contributed by atoms with Crippen LogP contribution in [0.15, 0.2) is 77.6 Å². The topological polar surface area (TPSA) is 34.9 Å². The highest BCUT2D eigenvalue weighted by Crippen LogP contribution is 2.32. The monoisotopic (exact) mass is 428 g/mol. The van der Waals surface area contributed by atoms with Crippen molar-refractivity contribution in [2.45, 2.75) is 19.1 Å². The van der Waals surface area contributed by atoms with Crippen LogP contribution >= 0.6 is 11.6 Å². The lowest BCUT2D eigenvalue weighted by Gasteiger charge is -2.15. The summed E-state index contributed by atoms with van der Waals surface area (Å²) in [4.78, 5) is 12.9. The molecule has 30 heavy (non-hydrogen) atoms. The molecule has 1 aromatic heterocycles. The molecule has 0 saturated carbocycles. The number of halogens is 4. The van der Waals surface area contributed by atoms with Crippen LogP contribution in [0.5, 0.6) is 0 Å². The maximum Gasteiger partial charge on any atom is 0.416 e. The van der Waals surface area contributed by atoms with Gasteiger partial charge in [0.1, 0.15) is 0 Å². The SMILES string of the molecule is O=c1c2ccccc2c(Cc2ccc(Cl)cc2)nn1Cc1ccccc1C(F)(F)F. The van der Waals surface area contributed by atoms with Gasteiger partial charge in [-0.2, -0.15) is 18.3 Å². The van der Waals surface area contributed by atoms with Crippen molar-refractivity contribution in [3.8, 4) is 0 Å². The van der Waals surface area contributed by atoms with Gasteiger partial charge in [0.25, 0.3) is 5.56 Å². The largest absolute Gasteiger partial charge is 0.416 e. The zero-order valence-corrected chi connectivity index (χ0v) is 16.4. The first-order chi connectivity index (χ1) is 14.3. The minimum Gasteiger partial charge on any atom is -0.267 e. The fourth-order valence-corrected chi connectivity index (χ4v) is 3.56. The summed E-state index contributed by atoms with van der Waals surface area (Å²) in [5, 5.41) is 6.14. The number of nitrogens with zero attached hydrogens (tertiary/aromatic N) is 2. The number of alkyl halides is 3. The summed E-state index contributed by atoms with van der Waals surface area (Å²) in [6, 6.07) is 19.4. The Morgan fingerprint density at radius 3 is 2.20 bits per heavy atom. The van der Waals surface area contributed by atoms with E-state index in [9.17, 15) is 18.0 Å². The minimum atomic E-state index is -4.51. The van der Waals surface area contributed by atoms with Gasteiger partial charge in [-0.05, 0) is 35.4 Å². The lowest BCUT2D eigenvalue weighted by atomic mass is 10.0. The average Bonchev–Trinajstić information content (AvgIpc) is 2.73. The van der Waals surface area contributed by atoms with Crippen LogP contribution in [0.3, 0.4) is 0 Å². The van der Waals surface area contributed by atoms with Gasteiger partial charge in [-0.25, -0.2) is 4.68 Å². The van der Waals surface area contributed by atoms with E-state index < -0.39 is 17.3 Å². The predicted molar refractivity (Wildman–Crippen MR) is 111 cm³/mol. The van der Waals surface area contributed by atoms with Crippen LogP contribution in [0.25, 0.3) is 10.8 Å². The summed E-state index contributed by atoms with van der Waals surface area (Å²) in [5.74, 6) is 0. The quantitative estimate of drug-likeness (QED) is 0.417. The summed E-state index contributed by atoms with van der Waals surface area (Å²) in [6.45, 7) is -0.271. The normalized spacial score (nSPS) is 11.7. The van der Waals surface area contributed by atoms with Crippen LogP contribution in [0.4, 0.5) is 13.2 Å². The van der Waals surface area contributed by atoms with Gasteiger partial charge in [-0.1, -0.05) is 60.1 Å². The van der Waals surface area contributed by atoms with Gasteiger partial charge in [0.2, 0.25) is 0 Å². The molecule has 0 aliphatic rings. The molecular weight excluding hydrogens is 413 g/mol. The highest BCUT2D eigenvalue weighted by Gasteiger charge is 2.33. The first-order valence-corrected chi connectivity index (χ1v) is 9.59. The Morgan fingerprint density at radius 1 is 0.867 bits per heavy atom.